The maximum Gasteiger partial charge on any atom is 0.244 e. The molecule has 0 unspecified atom stereocenters. The lowest BCUT2D eigenvalue weighted by Gasteiger charge is -2.26. The van der Waals surface area contributed by atoms with E-state index < -0.39 is 0 Å². The van der Waals surface area contributed by atoms with Gasteiger partial charge in [-0.2, -0.15) is 0 Å². The van der Waals surface area contributed by atoms with Crippen LogP contribution in [0.25, 0.3) is 0 Å². The predicted octanol–water partition coefficient (Wildman–Crippen LogP) is 4.32. The number of carbonyl (C=O) groups excluding carboxylic acids is 1. The number of hydrogen-bond acceptors (Lipinski definition) is 5. The number of hydrogen-bond donors (Lipinski definition) is 2. The van der Waals surface area contributed by atoms with Gasteiger partial charge in [0.25, 0.3) is 0 Å². The maximum absolute atomic E-state index is 12.9. The summed E-state index contributed by atoms with van der Waals surface area (Å²) in [6.45, 7) is 0. The second-order valence-electron chi connectivity index (χ2n) is 7.31. The standard InChI is InChI=1S/C20H22ClN3O3/c1-26-20-10-8-19(13-20,9-11-20)18(25)24-23-17-16(7-4-12-22-17)27-15-6-3-2-5-14(15)21/h2-7,12H,8-11,13H2,1H3,(H,22,23)(H,24,25). The Morgan fingerprint density at radius 1 is 1.11 bits per heavy atom. The Labute approximate surface area is 163 Å². The van der Waals surface area contributed by atoms with Crippen LogP contribution >= 0.6 is 11.6 Å². The zero-order chi connectivity index (χ0) is 18.9. The SMILES string of the molecule is COC12CCC(C(=O)NNc3ncccc3Oc3ccccc3Cl)(CC1)C2. The van der Waals surface area contributed by atoms with Gasteiger partial charge in [-0.3, -0.25) is 15.6 Å². The van der Waals surface area contributed by atoms with Gasteiger partial charge < -0.3 is 9.47 Å². The molecule has 1 aromatic carbocycles. The van der Waals surface area contributed by atoms with Crippen LogP contribution in [0.15, 0.2) is 42.6 Å². The minimum absolute atomic E-state index is 0.0201. The van der Waals surface area contributed by atoms with Crippen molar-refractivity contribution in [1.82, 2.24) is 10.4 Å². The molecule has 2 fully saturated rings. The number of halogens is 1. The minimum Gasteiger partial charge on any atom is -0.452 e. The molecule has 2 aromatic rings. The van der Waals surface area contributed by atoms with E-state index in [9.17, 15) is 4.79 Å². The molecule has 0 saturated heterocycles. The number of amides is 1. The molecular formula is C20H22ClN3O3. The van der Waals surface area contributed by atoms with Crippen molar-refractivity contribution in [2.75, 3.05) is 12.5 Å². The third-order valence-corrected chi connectivity index (χ3v) is 6.13. The molecule has 1 aromatic heterocycles. The average Bonchev–Trinajstić information content (AvgIpc) is 3.27. The fourth-order valence-corrected chi connectivity index (χ4v) is 4.37. The number of nitrogens with one attached hydrogen (secondary N) is 2. The maximum atomic E-state index is 12.9. The molecule has 7 heteroatoms. The van der Waals surface area contributed by atoms with Crippen LogP contribution in [0.5, 0.6) is 11.5 Å². The third kappa shape index (κ3) is 3.35. The van der Waals surface area contributed by atoms with Crippen molar-refractivity contribution in [3.8, 4) is 11.5 Å². The second-order valence-corrected chi connectivity index (χ2v) is 7.71. The molecule has 2 bridgehead atoms. The highest BCUT2D eigenvalue weighted by Gasteiger charge is 2.58. The summed E-state index contributed by atoms with van der Waals surface area (Å²) in [4.78, 5) is 17.1. The lowest BCUT2D eigenvalue weighted by atomic mass is 9.83. The molecule has 0 spiro atoms. The zero-order valence-electron chi connectivity index (χ0n) is 15.1. The molecule has 142 valence electrons. The molecule has 2 N–H and O–H groups in total. The second kappa shape index (κ2) is 7.02. The number of aromatic nitrogens is 1. The molecule has 0 atom stereocenters. The lowest BCUT2D eigenvalue weighted by molar-refractivity contribution is -0.130. The Hall–Kier alpha value is -2.31. The quantitative estimate of drug-likeness (QED) is 0.722. The van der Waals surface area contributed by atoms with Crippen LogP contribution in [0.4, 0.5) is 5.82 Å². The number of carbonyl (C=O) groups is 1. The molecular weight excluding hydrogens is 366 g/mol. The molecule has 6 nitrogen and oxygen atoms in total. The number of rotatable bonds is 6. The number of ether oxygens (including phenoxy) is 2. The zero-order valence-corrected chi connectivity index (χ0v) is 15.9. The largest absolute Gasteiger partial charge is 0.452 e. The first-order valence-electron chi connectivity index (χ1n) is 9.05. The van der Waals surface area contributed by atoms with E-state index in [2.05, 4.69) is 15.8 Å². The van der Waals surface area contributed by atoms with Gasteiger partial charge in [0.15, 0.2) is 11.6 Å². The number of hydrazine groups is 1. The average molecular weight is 388 g/mol. The van der Waals surface area contributed by atoms with Gasteiger partial charge in [0.1, 0.15) is 5.75 Å². The highest BCUT2D eigenvalue weighted by atomic mass is 35.5. The van der Waals surface area contributed by atoms with Crippen molar-refractivity contribution < 1.29 is 14.3 Å². The van der Waals surface area contributed by atoms with Crippen molar-refractivity contribution in [2.24, 2.45) is 5.41 Å². The molecule has 0 radical (unpaired) electrons. The van der Waals surface area contributed by atoms with Crippen LogP contribution < -0.4 is 15.6 Å². The predicted molar refractivity (Wildman–Crippen MR) is 103 cm³/mol. The summed E-state index contributed by atoms with van der Waals surface area (Å²) < 4.78 is 11.5. The van der Waals surface area contributed by atoms with E-state index >= 15 is 0 Å². The topological polar surface area (TPSA) is 72.5 Å². The van der Waals surface area contributed by atoms with Crippen LogP contribution in [0.1, 0.15) is 32.1 Å². The third-order valence-electron chi connectivity index (χ3n) is 5.82. The molecule has 0 aliphatic heterocycles. The molecule has 1 heterocycles. The van der Waals surface area contributed by atoms with Gasteiger partial charge in [0.2, 0.25) is 5.91 Å². The Balaban J connectivity index is 1.45. The minimum atomic E-state index is -0.360. The molecule has 2 aliphatic carbocycles. The van der Waals surface area contributed by atoms with Gasteiger partial charge in [-0.25, -0.2) is 4.98 Å². The smallest absolute Gasteiger partial charge is 0.244 e. The Bertz CT molecular complexity index is 850. The molecule has 27 heavy (non-hydrogen) atoms. The highest BCUT2D eigenvalue weighted by molar-refractivity contribution is 6.32. The lowest BCUT2D eigenvalue weighted by Crippen LogP contribution is -2.41. The van der Waals surface area contributed by atoms with Crippen molar-refractivity contribution >= 4 is 23.3 Å². The summed E-state index contributed by atoms with van der Waals surface area (Å²) in [5, 5.41) is 0.503. The first-order chi connectivity index (χ1) is 13.1. The summed E-state index contributed by atoms with van der Waals surface area (Å²) in [6.07, 6.45) is 5.96. The summed E-state index contributed by atoms with van der Waals surface area (Å²) >= 11 is 6.16. The van der Waals surface area contributed by atoms with Crippen LogP contribution in [-0.4, -0.2) is 23.6 Å². The van der Waals surface area contributed by atoms with Crippen LogP contribution in [0, 0.1) is 5.41 Å². The number of para-hydroxylation sites is 1. The number of fused-ring (bicyclic) bond motifs is 2. The Morgan fingerprint density at radius 3 is 2.56 bits per heavy atom. The Morgan fingerprint density at radius 2 is 1.85 bits per heavy atom. The van der Waals surface area contributed by atoms with Crippen LogP contribution in [0.3, 0.4) is 0 Å². The molecule has 4 rings (SSSR count). The molecule has 2 saturated carbocycles. The highest BCUT2D eigenvalue weighted by Crippen LogP contribution is 2.58. The van der Waals surface area contributed by atoms with Gasteiger partial charge in [-0.05, 0) is 56.4 Å². The summed E-state index contributed by atoms with van der Waals surface area (Å²) in [5.41, 5.74) is 5.26. The van der Waals surface area contributed by atoms with Crippen molar-refractivity contribution in [3.05, 3.63) is 47.6 Å². The summed E-state index contributed by atoms with van der Waals surface area (Å²) in [5.74, 6) is 1.41. The molecule has 2 aliphatic rings. The number of benzene rings is 1. The van der Waals surface area contributed by atoms with Gasteiger partial charge in [0, 0.05) is 13.3 Å². The number of nitrogens with zero attached hydrogens (tertiary/aromatic N) is 1. The van der Waals surface area contributed by atoms with E-state index in [0.717, 1.165) is 32.1 Å². The van der Waals surface area contributed by atoms with Crippen molar-refractivity contribution in [2.45, 2.75) is 37.7 Å². The van der Waals surface area contributed by atoms with Gasteiger partial charge in [-0.15, -0.1) is 0 Å². The van der Waals surface area contributed by atoms with E-state index in [4.69, 9.17) is 21.1 Å². The Kier molecular flexibility index (Phi) is 4.70. The number of methoxy groups -OCH3 is 1. The van der Waals surface area contributed by atoms with E-state index in [1.165, 1.54) is 0 Å². The first-order valence-corrected chi connectivity index (χ1v) is 9.43. The van der Waals surface area contributed by atoms with Crippen LogP contribution in [0.2, 0.25) is 5.02 Å². The fourth-order valence-electron chi connectivity index (χ4n) is 4.20. The number of pyridine rings is 1. The van der Waals surface area contributed by atoms with Crippen molar-refractivity contribution in [1.29, 1.82) is 0 Å². The van der Waals surface area contributed by atoms with Gasteiger partial charge in [0.05, 0.1) is 16.0 Å². The summed E-state index contributed by atoms with van der Waals surface area (Å²) in [7, 11) is 1.74. The monoisotopic (exact) mass is 387 g/mol. The first kappa shape index (κ1) is 18.1. The van der Waals surface area contributed by atoms with E-state index in [1.54, 1.807) is 37.6 Å². The van der Waals surface area contributed by atoms with Crippen molar-refractivity contribution in [3.63, 3.8) is 0 Å². The fraction of sp³-hybridized carbons (Fsp3) is 0.400. The van der Waals surface area contributed by atoms with E-state index in [0.29, 0.717) is 22.3 Å². The van der Waals surface area contributed by atoms with E-state index in [1.807, 2.05) is 12.1 Å². The molecule has 1 amide bonds. The van der Waals surface area contributed by atoms with Crippen LogP contribution in [-0.2, 0) is 9.53 Å². The van der Waals surface area contributed by atoms with E-state index in [-0.39, 0.29) is 16.9 Å². The normalized spacial score (nSPS) is 26.0. The number of anilines is 1. The summed E-state index contributed by atoms with van der Waals surface area (Å²) in [6, 6.07) is 10.7. The van der Waals surface area contributed by atoms with Gasteiger partial charge >= 0.3 is 0 Å². The van der Waals surface area contributed by atoms with Gasteiger partial charge in [-0.1, -0.05) is 23.7 Å².